The van der Waals surface area contributed by atoms with Crippen LogP contribution in [0.3, 0.4) is 0 Å². The van der Waals surface area contributed by atoms with Crippen LogP contribution < -0.4 is 10.6 Å². The summed E-state index contributed by atoms with van der Waals surface area (Å²) in [6.45, 7) is 15.8. The summed E-state index contributed by atoms with van der Waals surface area (Å²) in [5, 5.41) is 2.02. The minimum absolute atomic E-state index is 0.196. The highest BCUT2D eigenvalue weighted by molar-refractivity contribution is 7.78. The highest BCUT2D eigenvalue weighted by atomic mass is 31.2. The lowest BCUT2D eigenvalue weighted by molar-refractivity contribution is 0.164. The third-order valence-electron chi connectivity index (χ3n) is 6.88. The van der Waals surface area contributed by atoms with Crippen molar-refractivity contribution in [2.45, 2.75) is 64.3 Å². The highest BCUT2D eigenvalue weighted by Crippen LogP contribution is 2.45. The van der Waals surface area contributed by atoms with E-state index in [1.54, 1.807) is 0 Å². The number of rotatable bonds is 6. The lowest BCUT2D eigenvalue weighted by Crippen LogP contribution is -2.44. The van der Waals surface area contributed by atoms with Gasteiger partial charge in [0.1, 0.15) is 7.14 Å². The van der Waals surface area contributed by atoms with Gasteiger partial charge >= 0.3 is 0 Å². The first-order valence-electron chi connectivity index (χ1n) is 11.3. The van der Waals surface area contributed by atoms with E-state index in [4.69, 9.17) is 4.43 Å². The SMILES string of the molecule is C=C1CCC(O[Si](C)(C)C(C)(C)C)CC1=CCP(=O)(c1ccccc1)c1ccccc1. The fourth-order valence-corrected chi connectivity index (χ4v) is 7.74. The Bertz CT molecular complexity index is 928. The number of hydrogen-bond acceptors (Lipinski definition) is 2. The fraction of sp³-hybridized carbons (Fsp3) is 0.407. The van der Waals surface area contributed by atoms with E-state index in [0.717, 1.165) is 29.9 Å². The van der Waals surface area contributed by atoms with Crippen molar-refractivity contribution in [1.29, 1.82) is 0 Å². The second kappa shape index (κ2) is 9.44. The van der Waals surface area contributed by atoms with Gasteiger partial charge in [0.2, 0.25) is 0 Å². The van der Waals surface area contributed by atoms with Crippen LogP contribution in [0.5, 0.6) is 0 Å². The van der Waals surface area contributed by atoms with Gasteiger partial charge in [0.15, 0.2) is 8.32 Å². The minimum Gasteiger partial charge on any atom is -0.414 e. The molecule has 0 amide bonds. The normalized spacial score (nSPS) is 19.6. The molecule has 2 aromatic rings. The zero-order valence-corrected chi connectivity index (χ0v) is 21.6. The van der Waals surface area contributed by atoms with E-state index in [2.05, 4.69) is 46.5 Å². The molecule has 2 aromatic carbocycles. The Morgan fingerprint density at radius 3 is 2.03 bits per heavy atom. The predicted octanol–water partition coefficient (Wildman–Crippen LogP) is 7.06. The third kappa shape index (κ3) is 5.58. The van der Waals surface area contributed by atoms with Crippen molar-refractivity contribution in [3.8, 4) is 0 Å². The van der Waals surface area contributed by atoms with Gasteiger partial charge in [0, 0.05) is 22.9 Å². The maximum absolute atomic E-state index is 14.3. The summed E-state index contributed by atoms with van der Waals surface area (Å²) in [4.78, 5) is 0. The summed E-state index contributed by atoms with van der Waals surface area (Å²) in [6.07, 6.45) is 5.77. The Hall–Kier alpha value is -1.67. The molecule has 0 radical (unpaired) electrons. The molecule has 0 bridgehead atoms. The van der Waals surface area contributed by atoms with Crippen LogP contribution in [0.4, 0.5) is 0 Å². The summed E-state index contributed by atoms with van der Waals surface area (Å²) in [5.41, 5.74) is 2.39. The molecule has 3 rings (SSSR count). The molecular weight excluding hydrogens is 415 g/mol. The van der Waals surface area contributed by atoms with Crippen molar-refractivity contribution in [3.05, 3.63) is 84.5 Å². The second-order valence-corrected chi connectivity index (χ2v) is 17.8. The number of benzene rings is 2. The molecule has 1 saturated carbocycles. The minimum atomic E-state index is -2.75. The summed E-state index contributed by atoms with van der Waals surface area (Å²) in [5.74, 6) is 0. The Morgan fingerprint density at radius 2 is 1.55 bits per heavy atom. The predicted molar refractivity (Wildman–Crippen MR) is 138 cm³/mol. The van der Waals surface area contributed by atoms with Gasteiger partial charge in [-0.25, -0.2) is 0 Å². The zero-order valence-electron chi connectivity index (χ0n) is 19.7. The van der Waals surface area contributed by atoms with E-state index < -0.39 is 15.5 Å². The summed E-state index contributed by atoms with van der Waals surface area (Å²) in [7, 11) is -4.57. The molecule has 166 valence electrons. The Morgan fingerprint density at radius 1 is 1.03 bits per heavy atom. The van der Waals surface area contributed by atoms with Crippen LogP contribution in [-0.2, 0) is 8.99 Å². The molecule has 0 spiro atoms. The maximum Gasteiger partial charge on any atom is 0.192 e. The molecular formula is C27H37O2PSi. The number of allylic oxidation sites excluding steroid dienone is 2. The van der Waals surface area contributed by atoms with E-state index in [1.165, 1.54) is 11.1 Å². The third-order valence-corrected chi connectivity index (χ3v) is 14.4. The Balaban J connectivity index is 1.86. The zero-order chi connectivity index (χ0) is 22.7. The monoisotopic (exact) mass is 452 g/mol. The summed E-state index contributed by atoms with van der Waals surface area (Å²) in [6, 6.07) is 19.8. The number of hydrogen-bond donors (Lipinski definition) is 0. The van der Waals surface area contributed by atoms with Crippen LogP contribution in [0.1, 0.15) is 40.0 Å². The quantitative estimate of drug-likeness (QED) is 0.346. The lowest BCUT2D eigenvalue weighted by Gasteiger charge is -2.41. The smallest absolute Gasteiger partial charge is 0.192 e. The van der Waals surface area contributed by atoms with Crippen LogP contribution in [0.2, 0.25) is 18.1 Å². The molecule has 1 aliphatic rings. The molecule has 2 nitrogen and oxygen atoms in total. The van der Waals surface area contributed by atoms with Crippen molar-refractivity contribution >= 4 is 26.1 Å². The van der Waals surface area contributed by atoms with E-state index in [1.807, 2.05) is 60.7 Å². The molecule has 1 atom stereocenters. The van der Waals surface area contributed by atoms with Crippen LogP contribution in [0.25, 0.3) is 0 Å². The fourth-order valence-electron chi connectivity index (χ4n) is 3.85. The van der Waals surface area contributed by atoms with Crippen molar-refractivity contribution in [1.82, 2.24) is 0 Å². The van der Waals surface area contributed by atoms with E-state index >= 15 is 0 Å². The Labute approximate surface area is 189 Å². The van der Waals surface area contributed by atoms with Crippen molar-refractivity contribution in [3.63, 3.8) is 0 Å². The lowest BCUT2D eigenvalue weighted by atomic mass is 9.89. The molecule has 4 heteroatoms. The van der Waals surface area contributed by atoms with Crippen LogP contribution >= 0.6 is 7.14 Å². The van der Waals surface area contributed by atoms with E-state index in [9.17, 15) is 4.57 Å². The van der Waals surface area contributed by atoms with E-state index in [-0.39, 0.29) is 11.1 Å². The van der Waals surface area contributed by atoms with Gasteiger partial charge in [0.05, 0.1) is 0 Å². The van der Waals surface area contributed by atoms with Crippen LogP contribution in [0.15, 0.2) is 84.5 Å². The first-order valence-corrected chi connectivity index (χ1v) is 16.1. The topological polar surface area (TPSA) is 26.3 Å². The van der Waals surface area contributed by atoms with Crippen molar-refractivity contribution < 1.29 is 8.99 Å². The Kier molecular flexibility index (Phi) is 7.31. The van der Waals surface area contributed by atoms with Crippen molar-refractivity contribution in [2.75, 3.05) is 6.16 Å². The molecule has 31 heavy (non-hydrogen) atoms. The molecule has 1 aliphatic carbocycles. The van der Waals surface area contributed by atoms with Crippen molar-refractivity contribution in [2.24, 2.45) is 0 Å². The molecule has 0 aromatic heterocycles. The molecule has 1 unspecified atom stereocenters. The standard InChI is InChI=1S/C27H37O2PSi/c1-22-17-18-24(29-31(5,6)27(2,3)4)21-23(22)19-20-30(28,25-13-9-7-10-14-25)26-15-11-8-12-16-26/h7-16,19,24H,1,17-18,20-21H2,2-6H3. The van der Waals surface area contributed by atoms with Gasteiger partial charge in [-0.15, -0.1) is 0 Å². The van der Waals surface area contributed by atoms with Gasteiger partial charge in [-0.2, -0.15) is 0 Å². The average molecular weight is 453 g/mol. The van der Waals surface area contributed by atoms with Gasteiger partial charge < -0.3 is 8.99 Å². The largest absolute Gasteiger partial charge is 0.414 e. The molecule has 0 N–H and O–H groups in total. The average Bonchev–Trinajstić information content (AvgIpc) is 2.74. The van der Waals surface area contributed by atoms with Crippen LogP contribution in [-0.4, -0.2) is 20.6 Å². The highest BCUT2D eigenvalue weighted by Gasteiger charge is 2.40. The molecule has 0 heterocycles. The molecule has 0 saturated heterocycles. The summed E-state index contributed by atoms with van der Waals surface area (Å²) >= 11 is 0. The van der Waals surface area contributed by atoms with Gasteiger partial charge in [0.25, 0.3) is 0 Å². The molecule has 1 fully saturated rings. The maximum atomic E-state index is 14.3. The van der Waals surface area contributed by atoms with Gasteiger partial charge in [-0.3, -0.25) is 0 Å². The van der Waals surface area contributed by atoms with Gasteiger partial charge in [-0.05, 0) is 43.0 Å². The first-order chi connectivity index (χ1) is 14.5. The van der Waals surface area contributed by atoms with E-state index in [0.29, 0.717) is 6.16 Å². The molecule has 0 aliphatic heterocycles. The van der Waals surface area contributed by atoms with Crippen LogP contribution in [0, 0.1) is 0 Å². The first kappa shape index (κ1) is 24.0. The summed E-state index contributed by atoms with van der Waals surface area (Å²) < 4.78 is 21.0. The second-order valence-electron chi connectivity index (χ2n) is 10.2. The van der Waals surface area contributed by atoms with Gasteiger partial charge in [-0.1, -0.05) is 99.7 Å².